The Morgan fingerprint density at radius 1 is 1.50 bits per heavy atom. The van der Waals surface area contributed by atoms with Gasteiger partial charge in [0.05, 0.1) is 12.8 Å². The Morgan fingerprint density at radius 2 is 2.20 bits per heavy atom. The first-order chi connectivity index (χ1) is 9.34. The molecule has 0 aromatic carbocycles. The second-order valence-electron chi connectivity index (χ2n) is 5.17. The third-order valence-corrected chi connectivity index (χ3v) is 2.99. The molecule has 1 atom stereocenters. The molecule has 2 heterocycles. The lowest BCUT2D eigenvalue weighted by Gasteiger charge is -2.20. The molecule has 3 N–H and O–H groups in total. The van der Waals surface area contributed by atoms with Gasteiger partial charge in [-0.1, -0.05) is 0 Å². The molecule has 0 saturated heterocycles. The minimum Gasteiger partial charge on any atom is -0.393 e. The van der Waals surface area contributed by atoms with E-state index in [1.54, 1.807) is 4.52 Å². The highest BCUT2D eigenvalue weighted by molar-refractivity contribution is 5.99. The van der Waals surface area contributed by atoms with Crippen molar-refractivity contribution in [3.05, 3.63) is 29.2 Å². The number of nitrogens with one attached hydrogen (secondary N) is 1. The van der Waals surface area contributed by atoms with Crippen LogP contribution in [0, 0.1) is 13.8 Å². The number of hydrogen-bond donors (Lipinski definition) is 3. The molecule has 2 rings (SSSR count). The van der Waals surface area contributed by atoms with Gasteiger partial charge in [0.1, 0.15) is 11.2 Å². The molecule has 0 fully saturated rings. The van der Waals surface area contributed by atoms with Gasteiger partial charge in [0, 0.05) is 17.9 Å². The molecule has 0 aliphatic heterocycles. The number of rotatable bonds is 4. The van der Waals surface area contributed by atoms with Crippen molar-refractivity contribution in [2.24, 2.45) is 0 Å². The molecular formula is C13H18N4O3. The van der Waals surface area contributed by atoms with Crippen molar-refractivity contribution in [1.29, 1.82) is 0 Å². The van der Waals surface area contributed by atoms with Crippen LogP contribution >= 0.6 is 0 Å². The van der Waals surface area contributed by atoms with E-state index in [2.05, 4.69) is 15.4 Å². The van der Waals surface area contributed by atoms with Crippen molar-refractivity contribution in [3.8, 4) is 0 Å². The smallest absolute Gasteiger partial charge is 0.256 e. The third-order valence-electron chi connectivity index (χ3n) is 2.99. The summed E-state index contributed by atoms with van der Waals surface area (Å²) in [6.07, 6.45) is 1.44. The summed E-state index contributed by atoms with van der Waals surface area (Å²) in [7, 11) is 0. The van der Waals surface area contributed by atoms with Crippen LogP contribution in [0.5, 0.6) is 0 Å². The lowest BCUT2D eigenvalue weighted by molar-refractivity contribution is 0.00321. The standard InChI is InChI=1S/C13H18N4O3/c1-8-4-9(2)17-11(16-8)10(5-15-17)12(19)14-6-13(3,20)7-18/h4-5,18,20H,6-7H2,1-3H3,(H,14,19). The minimum absolute atomic E-state index is 0.0511. The quantitative estimate of drug-likeness (QED) is 0.720. The maximum absolute atomic E-state index is 12.1. The van der Waals surface area contributed by atoms with Crippen molar-refractivity contribution in [1.82, 2.24) is 19.9 Å². The summed E-state index contributed by atoms with van der Waals surface area (Å²) in [5.41, 5.74) is 1.15. The van der Waals surface area contributed by atoms with Gasteiger partial charge in [-0.05, 0) is 26.8 Å². The lowest BCUT2D eigenvalue weighted by atomic mass is 10.1. The fourth-order valence-electron chi connectivity index (χ4n) is 1.85. The second kappa shape index (κ2) is 5.18. The minimum atomic E-state index is -1.35. The molecule has 2 aromatic heterocycles. The number of hydrogen-bond acceptors (Lipinski definition) is 5. The Bertz CT molecular complexity index is 648. The topological polar surface area (TPSA) is 99.8 Å². The Hall–Kier alpha value is -1.99. The molecule has 2 aromatic rings. The molecule has 0 aliphatic carbocycles. The first-order valence-corrected chi connectivity index (χ1v) is 6.27. The van der Waals surface area contributed by atoms with E-state index in [1.807, 2.05) is 19.9 Å². The third kappa shape index (κ3) is 2.78. The number of fused-ring (bicyclic) bond motifs is 1. The van der Waals surface area contributed by atoms with E-state index < -0.39 is 12.2 Å². The summed E-state index contributed by atoms with van der Waals surface area (Å²) in [6.45, 7) is 4.68. The largest absolute Gasteiger partial charge is 0.393 e. The first-order valence-electron chi connectivity index (χ1n) is 6.27. The van der Waals surface area contributed by atoms with Crippen LogP contribution in [-0.4, -0.2) is 49.5 Å². The Morgan fingerprint density at radius 3 is 2.85 bits per heavy atom. The van der Waals surface area contributed by atoms with Gasteiger partial charge in [-0.15, -0.1) is 0 Å². The average Bonchev–Trinajstić information content (AvgIpc) is 2.80. The van der Waals surface area contributed by atoms with Crippen LogP contribution in [0.25, 0.3) is 5.65 Å². The van der Waals surface area contributed by atoms with Gasteiger partial charge in [-0.3, -0.25) is 4.79 Å². The van der Waals surface area contributed by atoms with Crippen LogP contribution in [0.1, 0.15) is 28.7 Å². The molecule has 0 spiro atoms. The first kappa shape index (κ1) is 14.4. The number of aliphatic hydroxyl groups is 2. The van der Waals surface area contributed by atoms with Crippen LogP contribution < -0.4 is 5.32 Å². The molecule has 108 valence electrons. The maximum atomic E-state index is 12.1. The number of aromatic nitrogens is 3. The Kier molecular flexibility index (Phi) is 3.74. The van der Waals surface area contributed by atoms with Crippen LogP contribution in [0.4, 0.5) is 0 Å². The molecule has 0 saturated carbocycles. The summed E-state index contributed by atoms with van der Waals surface area (Å²) in [6, 6.07) is 1.87. The second-order valence-corrected chi connectivity index (χ2v) is 5.17. The van der Waals surface area contributed by atoms with E-state index in [0.717, 1.165) is 11.4 Å². The molecule has 7 nitrogen and oxygen atoms in total. The van der Waals surface area contributed by atoms with Gasteiger partial charge in [0.25, 0.3) is 5.91 Å². The average molecular weight is 278 g/mol. The predicted molar refractivity (Wildman–Crippen MR) is 72.5 cm³/mol. The van der Waals surface area contributed by atoms with Gasteiger partial charge in [-0.2, -0.15) is 5.10 Å². The lowest BCUT2D eigenvalue weighted by Crippen LogP contribution is -2.43. The van der Waals surface area contributed by atoms with Gasteiger partial charge in [0.2, 0.25) is 0 Å². The van der Waals surface area contributed by atoms with Crippen molar-refractivity contribution < 1.29 is 15.0 Å². The number of nitrogens with zero attached hydrogens (tertiary/aromatic N) is 3. The number of aliphatic hydroxyl groups excluding tert-OH is 1. The number of amides is 1. The van der Waals surface area contributed by atoms with Crippen LogP contribution in [0.2, 0.25) is 0 Å². The van der Waals surface area contributed by atoms with E-state index in [0.29, 0.717) is 11.2 Å². The monoisotopic (exact) mass is 278 g/mol. The normalized spacial score (nSPS) is 14.2. The molecule has 1 amide bonds. The zero-order valence-corrected chi connectivity index (χ0v) is 11.7. The summed E-state index contributed by atoms with van der Waals surface area (Å²) < 4.78 is 1.59. The van der Waals surface area contributed by atoms with Crippen LogP contribution in [-0.2, 0) is 0 Å². The highest BCUT2D eigenvalue weighted by Crippen LogP contribution is 2.12. The maximum Gasteiger partial charge on any atom is 0.256 e. The summed E-state index contributed by atoms with van der Waals surface area (Å²) >= 11 is 0. The van der Waals surface area contributed by atoms with E-state index >= 15 is 0 Å². The van der Waals surface area contributed by atoms with Crippen molar-refractivity contribution >= 4 is 11.6 Å². The molecule has 7 heteroatoms. The van der Waals surface area contributed by atoms with Crippen molar-refractivity contribution in [2.45, 2.75) is 26.4 Å². The Labute approximate surface area is 116 Å². The molecular weight excluding hydrogens is 260 g/mol. The number of carbonyl (C=O) groups is 1. The predicted octanol–water partition coefficient (Wildman–Crippen LogP) is -0.181. The fourth-order valence-corrected chi connectivity index (χ4v) is 1.85. The highest BCUT2D eigenvalue weighted by Gasteiger charge is 2.22. The van der Waals surface area contributed by atoms with E-state index in [4.69, 9.17) is 5.11 Å². The van der Waals surface area contributed by atoms with Gasteiger partial charge in [-0.25, -0.2) is 9.50 Å². The van der Waals surface area contributed by atoms with Crippen molar-refractivity contribution in [2.75, 3.05) is 13.2 Å². The van der Waals surface area contributed by atoms with Crippen molar-refractivity contribution in [3.63, 3.8) is 0 Å². The van der Waals surface area contributed by atoms with Crippen LogP contribution in [0.3, 0.4) is 0 Å². The SMILES string of the molecule is Cc1cc(C)n2ncc(C(=O)NCC(C)(O)CO)c2n1. The molecule has 0 aliphatic rings. The molecule has 0 bridgehead atoms. The number of aryl methyl sites for hydroxylation is 2. The van der Waals surface area contributed by atoms with Gasteiger partial charge >= 0.3 is 0 Å². The molecule has 0 radical (unpaired) electrons. The molecule has 20 heavy (non-hydrogen) atoms. The number of carbonyl (C=O) groups excluding carboxylic acids is 1. The van der Waals surface area contributed by atoms with E-state index in [1.165, 1.54) is 13.1 Å². The summed E-state index contributed by atoms with van der Waals surface area (Å²) in [4.78, 5) is 16.4. The summed E-state index contributed by atoms with van der Waals surface area (Å²) in [5.74, 6) is -0.383. The highest BCUT2D eigenvalue weighted by atomic mass is 16.3. The zero-order chi connectivity index (χ0) is 14.9. The van der Waals surface area contributed by atoms with Gasteiger partial charge < -0.3 is 15.5 Å². The summed E-state index contributed by atoms with van der Waals surface area (Å²) in [5, 5.41) is 25.3. The van der Waals surface area contributed by atoms with Crippen LogP contribution in [0.15, 0.2) is 12.3 Å². The van der Waals surface area contributed by atoms with Gasteiger partial charge in [0.15, 0.2) is 5.65 Å². The zero-order valence-electron chi connectivity index (χ0n) is 11.7. The molecule has 1 unspecified atom stereocenters. The van der Waals surface area contributed by atoms with E-state index in [-0.39, 0.29) is 12.5 Å². The Balaban J connectivity index is 2.27. The van der Waals surface area contributed by atoms with E-state index in [9.17, 15) is 9.90 Å². The fraction of sp³-hybridized carbons (Fsp3) is 0.462.